The van der Waals surface area contributed by atoms with E-state index in [1.165, 1.54) is 35.8 Å². The van der Waals surface area contributed by atoms with Crippen molar-refractivity contribution in [3.8, 4) is 0 Å². The fraction of sp³-hybridized carbons (Fsp3) is 0.483. The number of aliphatic hydroxyl groups excluding tert-OH is 2. The number of amides is 1. The number of nitrogens with one attached hydrogen (secondary N) is 1. The molecule has 0 unspecified atom stereocenters. The van der Waals surface area contributed by atoms with Gasteiger partial charge in [-0.25, -0.2) is 8.42 Å². The molecule has 1 saturated heterocycles. The SMILES string of the molecule is CC(C)(CO)[C@@H](O)C(=O)NCCC(=O)C(=O)CCc1ccc(S(=O)(=O)N2CCN(Cc3ccccc3)CC2)cc1. The number of piperazine rings is 1. The van der Waals surface area contributed by atoms with Gasteiger partial charge in [-0.3, -0.25) is 19.3 Å². The highest BCUT2D eigenvalue weighted by Gasteiger charge is 2.33. The van der Waals surface area contributed by atoms with Crippen LogP contribution in [0.1, 0.15) is 37.8 Å². The molecule has 2 aromatic rings. The average molecular weight is 574 g/mol. The molecule has 40 heavy (non-hydrogen) atoms. The number of ketones is 2. The number of hydrogen-bond donors (Lipinski definition) is 3. The Morgan fingerprint density at radius 3 is 2.10 bits per heavy atom. The van der Waals surface area contributed by atoms with Crippen LogP contribution in [-0.2, 0) is 37.4 Å². The Morgan fingerprint density at radius 1 is 0.900 bits per heavy atom. The summed E-state index contributed by atoms with van der Waals surface area (Å²) in [5.41, 5.74) is 0.894. The second-order valence-electron chi connectivity index (χ2n) is 10.7. The first-order valence-corrected chi connectivity index (χ1v) is 14.9. The zero-order valence-corrected chi connectivity index (χ0v) is 23.9. The lowest BCUT2D eigenvalue weighted by Gasteiger charge is -2.34. The lowest BCUT2D eigenvalue weighted by Crippen LogP contribution is -2.48. The average Bonchev–Trinajstić information content (AvgIpc) is 2.96. The second-order valence-corrected chi connectivity index (χ2v) is 12.7. The van der Waals surface area contributed by atoms with Crippen molar-refractivity contribution in [1.82, 2.24) is 14.5 Å². The number of Topliss-reactive ketones (excluding diaryl/α,β-unsaturated/α-hetero) is 2. The number of carbonyl (C=O) groups excluding carboxylic acids is 3. The maximum Gasteiger partial charge on any atom is 0.249 e. The maximum atomic E-state index is 13.1. The fourth-order valence-corrected chi connectivity index (χ4v) is 5.74. The van der Waals surface area contributed by atoms with Gasteiger partial charge in [-0.1, -0.05) is 56.3 Å². The second kappa shape index (κ2) is 14.1. The van der Waals surface area contributed by atoms with Crippen molar-refractivity contribution in [2.24, 2.45) is 5.41 Å². The first-order chi connectivity index (χ1) is 18.9. The number of aliphatic hydroxyl groups is 2. The van der Waals surface area contributed by atoms with Crippen molar-refractivity contribution in [3.63, 3.8) is 0 Å². The van der Waals surface area contributed by atoms with E-state index in [2.05, 4.69) is 22.3 Å². The van der Waals surface area contributed by atoms with Gasteiger partial charge in [-0.05, 0) is 29.7 Å². The van der Waals surface area contributed by atoms with Crippen LogP contribution < -0.4 is 5.32 Å². The van der Waals surface area contributed by atoms with Crippen LogP contribution in [0.2, 0.25) is 0 Å². The Kier molecular flexibility index (Phi) is 11.1. The summed E-state index contributed by atoms with van der Waals surface area (Å²) in [4.78, 5) is 38.8. The molecule has 0 aliphatic carbocycles. The van der Waals surface area contributed by atoms with Gasteiger partial charge < -0.3 is 15.5 Å². The maximum absolute atomic E-state index is 13.1. The van der Waals surface area contributed by atoms with E-state index in [1.807, 2.05) is 18.2 Å². The van der Waals surface area contributed by atoms with E-state index in [9.17, 15) is 33.0 Å². The van der Waals surface area contributed by atoms with Gasteiger partial charge in [-0.15, -0.1) is 0 Å². The summed E-state index contributed by atoms with van der Waals surface area (Å²) >= 11 is 0. The van der Waals surface area contributed by atoms with Crippen LogP contribution in [0.3, 0.4) is 0 Å². The Hall–Kier alpha value is -2.96. The van der Waals surface area contributed by atoms with Crippen LogP contribution in [0, 0.1) is 5.41 Å². The van der Waals surface area contributed by atoms with Crippen molar-refractivity contribution < 1.29 is 33.0 Å². The van der Waals surface area contributed by atoms with Crippen LogP contribution in [0.15, 0.2) is 59.5 Å². The quantitative estimate of drug-likeness (QED) is 0.286. The van der Waals surface area contributed by atoms with E-state index >= 15 is 0 Å². The normalized spacial score (nSPS) is 15.9. The highest BCUT2D eigenvalue weighted by atomic mass is 32.2. The van der Waals surface area contributed by atoms with E-state index < -0.39 is 45.6 Å². The van der Waals surface area contributed by atoms with Crippen LogP contribution in [-0.4, -0.2) is 90.7 Å². The third kappa shape index (κ3) is 8.52. The summed E-state index contributed by atoms with van der Waals surface area (Å²) < 4.78 is 27.8. The van der Waals surface area contributed by atoms with Crippen molar-refractivity contribution in [3.05, 3.63) is 65.7 Å². The molecule has 0 aromatic heterocycles. The monoisotopic (exact) mass is 573 g/mol. The molecule has 1 aliphatic rings. The van der Waals surface area contributed by atoms with E-state index in [4.69, 9.17) is 0 Å². The minimum atomic E-state index is -3.63. The van der Waals surface area contributed by atoms with Gasteiger partial charge in [0.1, 0.15) is 6.10 Å². The predicted molar refractivity (Wildman–Crippen MR) is 150 cm³/mol. The molecule has 1 fully saturated rings. The van der Waals surface area contributed by atoms with Gasteiger partial charge in [0.25, 0.3) is 0 Å². The zero-order valence-electron chi connectivity index (χ0n) is 23.1. The van der Waals surface area contributed by atoms with E-state index in [1.54, 1.807) is 12.1 Å². The minimum absolute atomic E-state index is 0.0393. The Morgan fingerprint density at radius 2 is 1.50 bits per heavy atom. The first-order valence-electron chi connectivity index (χ1n) is 13.4. The lowest BCUT2D eigenvalue weighted by atomic mass is 9.87. The standard InChI is InChI=1S/C29H39N3O7S/c1-29(2,21-33)27(36)28(37)30-15-14-26(35)25(34)13-10-22-8-11-24(12-9-22)40(38,39)32-18-16-31(17-19-32)20-23-6-4-3-5-7-23/h3-9,11-12,27,33,36H,10,13-21H2,1-2H3,(H,30,37)/t27-/m0/s1. The van der Waals surface area contributed by atoms with Gasteiger partial charge in [-0.2, -0.15) is 4.31 Å². The van der Waals surface area contributed by atoms with Gasteiger partial charge in [0.2, 0.25) is 15.9 Å². The number of carbonyl (C=O) groups is 3. The zero-order chi connectivity index (χ0) is 29.3. The van der Waals surface area contributed by atoms with Crippen molar-refractivity contribution in [1.29, 1.82) is 0 Å². The molecule has 1 amide bonds. The molecule has 3 N–H and O–H groups in total. The van der Waals surface area contributed by atoms with Crippen LogP contribution >= 0.6 is 0 Å². The summed E-state index contributed by atoms with van der Waals surface area (Å²) in [5.74, 6) is -1.94. The number of nitrogens with zero attached hydrogens (tertiary/aromatic N) is 2. The largest absolute Gasteiger partial charge is 0.396 e. The molecule has 218 valence electrons. The van der Waals surface area contributed by atoms with Crippen LogP contribution in [0.5, 0.6) is 0 Å². The molecule has 2 aromatic carbocycles. The fourth-order valence-electron chi connectivity index (χ4n) is 4.32. The summed E-state index contributed by atoms with van der Waals surface area (Å²) in [6, 6.07) is 16.4. The number of sulfonamides is 1. The van der Waals surface area contributed by atoms with Gasteiger partial charge >= 0.3 is 0 Å². The van der Waals surface area contributed by atoms with Gasteiger partial charge in [0.15, 0.2) is 11.6 Å². The number of benzene rings is 2. The molecular formula is C29H39N3O7S. The van der Waals surface area contributed by atoms with Crippen molar-refractivity contribution >= 4 is 27.5 Å². The van der Waals surface area contributed by atoms with Crippen molar-refractivity contribution in [2.75, 3.05) is 39.3 Å². The molecule has 0 spiro atoms. The summed E-state index contributed by atoms with van der Waals surface area (Å²) in [6.45, 7) is 5.46. The molecule has 1 atom stereocenters. The molecule has 11 heteroatoms. The Balaban J connectivity index is 1.43. The predicted octanol–water partition coefficient (Wildman–Crippen LogP) is 1.15. The third-order valence-corrected chi connectivity index (χ3v) is 9.05. The molecule has 1 heterocycles. The topological polar surface area (TPSA) is 144 Å². The summed E-state index contributed by atoms with van der Waals surface area (Å²) in [5, 5.41) is 21.6. The number of rotatable bonds is 14. The summed E-state index contributed by atoms with van der Waals surface area (Å²) in [7, 11) is -3.63. The molecular weight excluding hydrogens is 534 g/mol. The third-order valence-electron chi connectivity index (χ3n) is 7.14. The van der Waals surface area contributed by atoms with E-state index in [0.717, 1.165) is 12.1 Å². The molecule has 10 nitrogen and oxygen atoms in total. The molecule has 0 radical (unpaired) electrons. The van der Waals surface area contributed by atoms with Crippen LogP contribution in [0.25, 0.3) is 0 Å². The number of hydrogen-bond acceptors (Lipinski definition) is 8. The van der Waals surface area contributed by atoms with Gasteiger partial charge in [0, 0.05) is 57.5 Å². The van der Waals surface area contributed by atoms with Crippen LogP contribution in [0.4, 0.5) is 0 Å². The lowest BCUT2D eigenvalue weighted by molar-refractivity contribution is -0.138. The van der Waals surface area contributed by atoms with E-state index in [-0.39, 0.29) is 30.7 Å². The smallest absolute Gasteiger partial charge is 0.249 e. The Bertz CT molecular complexity index is 1260. The first kappa shape index (κ1) is 31.6. The molecule has 0 bridgehead atoms. The highest BCUT2D eigenvalue weighted by molar-refractivity contribution is 7.89. The number of aryl methyl sites for hydroxylation is 1. The minimum Gasteiger partial charge on any atom is -0.396 e. The van der Waals surface area contributed by atoms with E-state index in [0.29, 0.717) is 26.2 Å². The summed E-state index contributed by atoms with van der Waals surface area (Å²) in [6.07, 6.45) is -1.41. The Labute approximate surface area is 236 Å². The van der Waals surface area contributed by atoms with Gasteiger partial charge in [0.05, 0.1) is 11.5 Å². The van der Waals surface area contributed by atoms with Crippen molar-refractivity contribution in [2.45, 2.75) is 50.7 Å². The molecule has 0 saturated carbocycles. The molecule has 1 aliphatic heterocycles. The molecule has 3 rings (SSSR count). The highest BCUT2D eigenvalue weighted by Crippen LogP contribution is 2.21.